The van der Waals surface area contributed by atoms with Crippen molar-refractivity contribution in [3.63, 3.8) is 0 Å². The van der Waals surface area contributed by atoms with Crippen molar-refractivity contribution < 1.29 is 9.72 Å². The first-order chi connectivity index (χ1) is 11.9. The van der Waals surface area contributed by atoms with Gasteiger partial charge in [0.05, 0.1) is 16.7 Å². The van der Waals surface area contributed by atoms with E-state index in [2.05, 4.69) is 15.8 Å². The molecule has 2 rings (SSSR count). The van der Waals surface area contributed by atoms with Crippen molar-refractivity contribution in [1.82, 2.24) is 5.43 Å². The number of nitro benzene ring substituents is 1. The highest BCUT2D eigenvalue weighted by atomic mass is 16.6. The van der Waals surface area contributed by atoms with Crippen molar-refractivity contribution in [3.05, 3.63) is 69.3 Å². The van der Waals surface area contributed by atoms with Gasteiger partial charge in [0.15, 0.2) is 0 Å². The molecule has 0 aliphatic heterocycles. The van der Waals surface area contributed by atoms with Crippen molar-refractivity contribution >= 4 is 23.5 Å². The Labute approximate surface area is 145 Å². The summed E-state index contributed by atoms with van der Waals surface area (Å²) < 4.78 is 0. The maximum Gasteiger partial charge on any atom is 0.278 e. The standard InChI is InChI=1S/C18H20N4O3/c1-12-7-6-8-13(2)17(12)20-14(3)18(23)21-19-11-15-9-4-5-10-16(15)22(24)25/h4-11,14,20H,1-3H3,(H,21,23)/t14-/m1/s1. The van der Waals surface area contributed by atoms with Crippen LogP contribution in [0.4, 0.5) is 11.4 Å². The SMILES string of the molecule is Cc1cccc(C)c1N[C@H](C)C(=O)NN=Cc1ccccc1[N+](=O)[O-]. The minimum Gasteiger partial charge on any atom is -0.373 e. The molecule has 0 saturated heterocycles. The van der Waals surface area contributed by atoms with E-state index in [1.165, 1.54) is 12.3 Å². The summed E-state index contributed by atoms with van der Waals surface area (Å²) in [7, 11) is 0. The van der Waals surface area contributed by atoms with Crippen LogP contribution in [0.2, 0.25) is 0 Å². The monoisotopic (exact) mass is 340 g/mol. The number of amides is 1. The van der Waals surface area contributed by atoms with Crippen LogP contribution in [0.5, 0.6) is 0 Å². The smallest absolute Gasteiger partial charge is 0.278 e. The molecule has 0 spiro atoms. The van der Waals surface area contributed by atoms with E-state index in [0.717, 1.165) is 16.8 Å². The van der Waals surface area contributed by atoms with E-state index in [0.29, 0.717) is 5.56 Å². The van der Waals surface area contributed by atoms with Gasteiger partial charge in [-0.1, -0.05) is 30.3 Å². The van der Waals surface area contributed by atoms with Gasteiger partial charge in [0, 0.05) is 11.8 Å². The van der Waals surface area contributed by atoms with Gasteiger partial charge in [-0.15, -0.1) is 0 Å². The predicted octanol–water partition coefficient (Wildman–Crippen LogP) is 3.16. The van der Waals surface area contributed by atoms with Crippen LogP contribution >= 0.6 is 0 Å². The minimum absolute atomic E-state index is 0.0674. The molecule has 1 atom stereocenters. The minimum atomic E-state index is -0.511. The van der Waals surface area contributed by atoms with Crippen molar-refractivity contribution in [2.45, 2.75) is 26.8 Å². The third-order valence-corrected chi connectivity index (χ3v) is 3.75. The maximum absolute atomic E-state index is 12.2. The van der Waals surface area contributed by atoms with Gasteiger partial charge >= 0.3 is 0 Å². The molecule has 2 N–H and O–H groups in total. The Hall–Kier alpha value is -3.22. The molecule has 7 nitrogen and oxygen atoms in total. The third-order valence-electron chi connectivity index (χ3n) is 3.75. The summed E-state index contributed by atoms with van der Waals surface area (Å²) in [5, 5.41) is 17.9. The van der Waals surface area contributed by atoms with E-state index in [9.17, 15) is 14.9 Å². The number of carbonyl (C=O) groups is 1. The maximum atomic E-state index is 12.2. The molecule has 25 heavy (non-hydrogen) atoms. The van der Waals surface area contributed by atoms with Crippen molar-refractivity contribution in [1.29, 1.82) is 0 Å². The normalized spacial score (nSPS) is 12.0. The number of nitrogens with zero attached hydrogens (tertiary/aromatic N) is 2. The molecule has 0 fully saturated rings. The van der Waals surface area contributed by atoms with Gasteiger partial charge in [-0.2, -0.15) is 5.10 Å². The van der Waals surface area contributed by atoms with E-state index >= 15 is 0 Å². The summed E-state index contributed by atoms with van der Waals surface area (Å²) in [6.45, 7) is 5.65. The molecule has 0 unspecified atom stereocenters. The van der Waals surface area contributed by atoms with Crippen LogP contribution in [0.3, 0.4) is 0 Å². The molecule has 130 valence electrons. The largest absolute Gasteiger partial charge is 0.373 e. The van der Waals surface area contributed by atoms with Gasteiger partial charge in [0.1, 0.15) is 6.04 Å². The van der Waals surface area contributed by atoms with Crippen LogP contribution in [0.15, 0.2) is 47.6 Å². The molecule has 0 saturated carbocycles. The number of rotatable bonds is 6. The summed E-state index contributed by atoms with van der Waals surface area (Å²) in [4.78, 5) is 22.6. The Morgan fingerprint density at radius 3 is 2.44 bits per heavy atom. The van der Waals surface area contributed by atoms with E-state index in [4.69, 9.17) is 0 Å². The first-order valence-corrected chi connectivity index (χ1v) is 7.79. The van der Waals surface area contributed by atoms with Gasteiger partial charge in [0.2, 0.25) is 0 Å². The molecule has 0 aliphatic carbocycles. The Morgan fingerprint density at radius 2 is 1.80 bits per heavy atom. The zero-order valence-corrected chi connectivity index (χ0v) is 14.3. The Kier molecular flexibility index (Phi) is 5.84. The summed E-state index contributed by atoms with van der Waals surface area (Å²) in [5.74, 6) is -0.336. The number of para-hydroxylation sites is 2. The molecule has 1 amide bonds. The van der Waals surface area contributed by atoms with Crippen LogP contribution in [0.25, 0.3) is 0 Å². The molecule has 0 bridgehead atoms. The lowest BCUT2D eigenvalue weighted by Crippen LogP contribution is -2.35. The van der Waals surface area contributed by atoms with E-state index in [1.54, 1.807) is 25.1 Å². The van der Waals surface area contributed by atoms with Crippen LogP contribution in [0.1, 0.15) is 23.6 Å². The molecule has 0 aromatic heterocycles. The summed E-state index contributed by atoms with van der Waals surface area (Å²) in [6.07, 6.45) is 1.27. The van der Waals surface area contributed by atoms with E-state index < -0.39 is 11.0 Å². The van der Waals surface area contributed by atoms with E-state index in [-0.39, 0.29) is 11.6 Å². The molecular formula is C18H20N4O3. The lowest BCUT2D eigenvalue weighted by Gasteiger charge is -2.17. The van der Waals surface area contributed by atoms with Crippen molar-refractivity contribution in [3.8, 4) is 0 Å². The number of hydrogen-bond acceptors (Lipinski definition) is 5. The van der Waals surface area contributed by atoms with Gasteiger partial charge < -0.3 is 5.32 Å². The van der Waals surface area contributed by atoms with Crippen LogP contribution in [-0.4, -0.2) is 23.1 Å². The second-order valence-corrected chi connectivity index (χ2v) is 5.68. The number of aryl methyl sites for hydroxylation is 2. The summed E-state index contributed by atoms with van der Waals surface area (Å²) in [5.41, 5.74) is 5.66. The zero-order chi connectivity index (χ0) is 18.4. The number of hydrazone groups is 1. The van der Waals surface area contributed by atoms with Gasteiger partial charge in [-0.25, -0.2) is 5.43 Å². The average Bonchev–Trinajstić information content (AvgIpc) is 2.58. The van der Waals surface area contributed by atoms with E-state index in [1.807, 2.05) is 32.0 Å². The van der Waals surface area contributed by atoms with Crippen molar-refractivity contribution in [2.75, 3.05) is 5.32 Å². The molecule has 0 heterocycles. The lowest BCUT2D eigenvalue weighted by molar-refractivity contribution is -0.385. The zero-order valence-electron chi connectivity index (χ0n) is 14.3. The molecule has 2 aromatic rings. The first kappa shape index (κ1) is 18.1. The topological polar surface area (TPSA) is 96.6 Å². The Bertz CT molecular complexity index is 797. The van der Waals surface area contributed by atoms with Gasteiger partial charge in [0.25, 0.3) is 11.6 Å². The second kappa shape index (κ2) is 8.05. The van der Waals surface area contributed by atoms with Gasteiger partial charge in [-0.05, 0) is 38.0 Å². The number of carbonyl (C=O) groups excluding carboxylic acids is 1. The molecule has 0 aliphatic rings. The van der Waals surface area contributed by atoms with Gasteiger partial charge in [-0.3, -0.25) is 14.9 Å². The molecule has 2 aromatic carbocycles. The quantitative estimate of drug-likeness (QED) is 0.479. The highest BCUT2D eigenvalue weighted by molar-refractivity contribution is 5.88. The number of nitro groups is 1. The number of anilines is 1. The molecular weight excluding hydrogens is 320 g/mol. The number of nitrogens with one attached hydrogen (secondary N) is 2. The second-order valence-electron chi connectivity index (χ2n) is 5.68. The number of benzene rings is 2. The third kappa shape index (κ3) is 4.63. The Morgan fingerprint density at radius 1 is 1.16 bits per heavy atom. The molecule has 0 radical (unpaired) electrons. The Balaban J connectivity index is 2.02. The highest BCUT2D eigenvalue weighted by Gasteiger charge is 2.14. The predicted molar refractivity (Wildman–Crippen MR) is 97.8 cm³/mol. The van der Waals surface area contributed by atoms with Crippen LogP contribution < -0.4 is 10.7 Å². The van der Waals surface area contributed by atoms with Crippen LogP contribution in [-0.2, 0) is 4.79 Å². The summed E-state index contributed by atoms with van der Waals surface area (Å²) in [6, 6.07) is 11.6. The first-order valence-electron chi connectivity index (χ1n) is 7.79. The average molecular weight is 340 g/mol. The summed E-state index contributed by atoms with van der Waals surface area (Å²) >= 11 is 0. The fourth-order valence-electron chi connectivity index (χ4n) is 2.35. The van der Waals surface area contributed by atoms with Crippen LogP contribution in [0, 0.1) is 24.0 Å². The van der Waals surface area contributed by atoms with Crippen molar-refractivity contribution in [2.24, 2.45) is 5.10 Å². The fourth-order valence-corrected chi connectivity index (χ4v) is 2.35. The lowest BCUT2D eigenvalue weighted by atomic mass is 10.1. The molecule has 7 heteroatoms. The fraction of sp³-hybridized carbons (Fsp3) is 0.222. The highest BCUT2D eigenvalue weighted by Crippen LogP contribution is 2.20. The number of hydrogen-bond donors (Lipinski definition) is 2.